The summed E-state index contributed by atoms with van der Waals surface area (Å²) in [7, 11) is 0. The number of hydrogen-bond donors (Lipinski definition) is 5. The third-order valence-corrected chi connectivity index (χ3v) is 4.50. The Balaban J connectivity index is 2.20. The lowest BCUT2D eigenvalue weighted by Gasteiger charge is -2.48. The molecule has 9 unspecified atom stereocenters. The molecule has 0 spiro atoms. The van der Waals surface area contributed by atoms with Crippen LogP contribution < -0.4 is 0 Å². The first-order valence-electron chi connectivity index (χ1n) is 8.05. The van der Waals surface area contributed by atoms with E-state index in [0.29, 0.717) is 0 Å². The van der Waals surface area contributed by atoms with Gasteiger partial charge in [-0.3, -0.25) is 0 Å². The molecular formula is C15H28O8. The molecule has 2 aliphatic heterocycles. The van der Waals surface area contributed by atoms with Gasteiger partial charge >= 0.3 is 0 Å². The lowest BCUT2D eigenvalue weighted by molar-refractivity contribution is -0.320. The number of ether oxygens (including phenoxy) is 3. The minimum Gasteiger partial charge on any atom is -0.394 e. The van der Waals surface area contributed by atoms with Crippen LogP contribution in [0.5, 0.6) is 0 Å². The molecule has 8 nitrogen and oxygen atoms in total. The SMILES string of the molecule is CC(C)OC1OC(CO)C(O)C(O)C1C1CC(O)C(O)C(C)O1. The predicted octanol–water partition coefficient (Wildman–Crippen LogP) is -1.63. The van der Waals surface area contributed by atoms with Crippen LogP contribution in [0.15, 0.2) is 0 Å². The molecule has 0 aromatic carbocycles. The normalized spacial score (nSPS) is 48.7. The molecule has 2 aliphatic rings. The first kappa shape index (κ1) is 19.0. The van der Waals surface area contributed by atoms with E-state index in [1.165, 1.54) is 0 Å². The molecule has 0 aliphatic carbocycles. The van der Waals surface area contributed by atoms with Gasteiger partial charge in [0.2, 0.25) is 0 Å². The Labute approximate surface area is 135 Å². The summed E-state index contributed by atoms with van der Waals surface area (Å²) in [5.41, 5.74) is 0. The molecule has 2 rings (SSSR count). The maximum atomic E-state index is 10.5. The Kier molecular flexibility index (Phi) is 6.37. The second-order valence-corrected chi connectivity index (χ2v) is 6.64. The van der Waals surface area contributed by atoms with Gasteiger partial charge in [0, 0.05) is 6.42 Å². The molecule has 8 heteroatoms. The Morgan fingerprint density at radius 3 is 2.22 bits per heavy atom. The van der Waals surface area contributed by atoms with Gasteiger partial charge < -0.3 is 39.7 Å². The van der Waals surface area contributed by atoms with Crippen molar-refractivity contribution >= 4 is 0 Å². The lowest BCUT2D eigenvalue weighted by atomic mass is 9.82. The zero-order valence-corrected chi connectivity index (χ0v) is 13.6. The highest BCUT2D eigenvalue weighted by Crippen LogP contribution is 2.36. The molecule has 5 N–H and O–H groups in total. The van der Waals surface area contributed by atoms with Crippen molar-refractivity contribution in [2.24, 2.45) is 5.92 Å². The summed E-state index contributed by atoms with van der Waals surface area (Å²) < 4.78 is 17.0. The van der Waals surface area contributed by atoms with Crippen molar-refractivity contribution in [1.82, 2.24) is 0 Å². The third-order valence-electron chi connectivity index (χ3n) is 4.50. The van der Waals surface area contributed by atoms with E-state index in [1.54, 1.807) is 20.8 Å². The van der Waals surface area contributed by atoms with Gasteiger partial charge in [0.15, 0.2) is 6.29 Å². The average Bonchev–Trinajstić information content (AvgIpc) is 2.47. The molecule has 0 aromatic rings. The van der Waals surface area contributed by atoms with Gasteiger partial charge in [-0.05, 0) is 20.8 Å². The molecule has 136 valence electrons. The van der Waals surface area contributed by atoms with E-state index >= 15 is 0 Å². The fraction of sp³-hybridized carbons (Fsp3) is 1.00. The minimum absolute atomic E-state index is 0.0884. The van der Waals surface area contributed by atoms with Crippen LogP contribution in [-0.2, 0) is 14.2 Å². The van der Waals surface area contributed by atoms with Crippen LogP contribution in [0.1, 0.15) is 27.2 Å². The van der Waals surface area contributed by atoms with Crippen molar-refractivity contribution in [3.8, 4) is 0 Å². The van der Waals surface area contributed by atoms with Crippen molar-refractivity contribution in [1.29, 1.82) is 0 Å². The van der Waals surface area contributed by atoms with Gasteiger partial charge in [-0.1, -0.05) is 0 Å². The van der Waals surface area contributed by atoms with Gasteiger partial charge in [-0.25, -0.2) is 0 Å². The van der Waals surface area contributed by atoms with E-state index in [0.717, 1.165) is 0 Å². The summed E-state index contributed by atoms with van der Waals surface area (Å²) in [5.74, 6) is -0.750. The monoisotopic (exact) mass is 336 g/mol. The molecular weight excluding hydrogens is 308 g/mol. The van der Waals surface area contributed by atoms with Crippen LogP contribution in [0.4, 0.5) is 0 Å². The van der Waals surface area contributed by atoms with Crippen molar-refractivity contribution in [2.75, 3.05) is 6.61 Å². The second-order valence-electron chi connectivity index (χ2n) is 6.64. The lowest BCUT2D eigenvalue weighted by Crippen LogP contribution is -2.62. The average molecular weight is 336 g/mol. The molecule has 0 amide bonds. The maximum absolute atomic E-state index is 10.5. The fourth-order valence-corrected chi connectivity index (χ4v) is 3.24. The summed E-state index contributed by atoms with van der Waals surface area (Å²) >= 11 is 0. The molecule has 23 heavy (non-hydrogen) atoms. The molecule has 0 radical (unpaired) electrons. The van der Waals surface area contributed by atoms with Gasteiger partial charge in [0.1, 0.15) is 18.3 Å². The van der Waals surface area contributed by atoms with E-state index in [-0.39, 0.29) is 12.5 Å². The quantitative estimate of drug-likeness (QED) is 0.414. The number of aliphatic hydroxyl groups is 5. The zero-order valence-electron chi connectivity index (χ0n) is 13.6. The molecule has 2 saturated heterocycles. The zero-order chi connectivity index (χ0) is 17.3. The van der Waals surface area contributed by atoms with Crippen molar-refractivity contribution in [3.05, 3.63) is 0 Å². The first-order valence-corrected chi connectivity index (χ1v) is 8.05. The van der Waals surface area contributed by atoms with E-state index in [4.69, 9.17) is 14.2 Å². The number of rotatable bonds is 4. The van der Waals surface area contributed by atoms with Gasteiger partial charge in [0.25, 0.3) is 0 Å². The van der Waals surface area contributed by atoms with Gasteiger partial charge in [-0.15, -0.1) is 0 Å². The van der Waals surface area contributed by atoms with E-state index < -0.39 is 61.5 Å². The van der Waals surface area contributed by atoms with Crippen LogP contribution >= 0.6 is 0 Å². The molecule has 2 heterocycles. The second kappa shape index (κ2) is 7.71. The molecule has 9 atom stereocenters. The Bertz CT molecular complexity index is 364. The van der Waals surface area contributed by atoms with Crippen molar-refractivity contribution in [2.45, 2.75) is 82.3 Å². The topological polar surface area (TPSA) is 129 Å². The summed E-state index contributed by atoms with van der Waals surface area (Å²) in [5, 5.41) is 49.6. The van der Waals surface area contributed by atoms with Crippen molar-refractivity contribution < 1.29 is 39.7 Å². The Hall–Kier alpha value is -0.320. The largest absolute Gasteiger partial charge is 0.394 e. The number of hydrogen-bond acceptors (Lipinski definition) is 8. The van der Waals surface area contributed by atoms with Crippen LogP contribution in [0.3, 0.4) is 0 Å². The highest BCUT2D eigenvalue weighted by molar-refractivity contribution is 4.96. The molecule has 0 saturated carbocycles. The standard InChI is InChI=1S/C15H28O8/c1-6(2)21-15-11(14(20)13(19)10(5-16)23-15)9-4-8(17)12(18)7(3)22-9/h6-20H,4-5H2,1-3H3. The summed E-state index contributed by atoms with van der Waals surface area (Å²) in [6.07, 6.45) is -7.79. The smallest absolute Gasteiger partial charge is 0.166 e. The Morgan fingerprint density at radius 1 is 1.04 bits per heavy atom. The van der Waals surface area contributed by atoms with Crippen LogP contribution in [0.2, 0.25) is 0 Å². The van der Waals surface area contributed by atoms with Crippen LogP contribution in [-0.4, -0.2) is 87.3 Å². The maximum Gasteiger partial charge on any atom is 0.166 e. The summed E-state index contributed by atoms with van der Waals surface area (Å²) in [6, 6.07) is 0. The molecule has 0 aromatic heterocycles. The summed E-state index contributed by atoms with van der Waals surface area (Å²) in [4.78, 5) is 0. The summed E-state index contributed by atoms with van der Waals surface area (Å²) in [6.45, 7) is 4.77. The van der Waals surface area contributed by atoms with E-state index in [1.807, 2.05) is 0 Å². The highest BCUT2D eigenvalue weighted by atomic mass is 16.7. The fourth-order valence-electron chi connectivity index (χ4n) is 3.24. The van der Waals surface area contributed by atoms with E-state index in [2.05, 4.69) is 0 Å². The third kappa shape index (κ3) is 4.02. The molecule has 2 fully saturated rings. The van der Waals surface area contributed by atoms with Gasteiger partial charge in [-0.2, -0.15) is 0 Å². The van der Waals surface area contributed by atoms with Gasteiger partial charge in [0.05, 0.1) is 43.0 Å². The first-order chi connectivity index (χ1) is 10.8. The Morgan fingerprint density at radius 2 is 1.70 bits per heavy atom. The predicted molar refractivity (Wildman–Crippen MR) is 78.4 cm³/mol. The minimum atomic E-state index is -1.29. The van der Waals surface area contributed by atoms with Crippen LogP contribution in [0, 0.1) is 5.92 Å². The van der Waals surface area contributed by atoms with Crippen LogP contribution in [0.25, 0.3) is 0 Å². The van der Waals surface area contributed by atoms with Crippen molar-refractivity contribution in [3.63, 3.8) is 0 Å². The van der Waals surface area contributed by atoms with E-state index in [9.17, 15) is 25.5 Å². The number of aliphatic hydroxyl groups excluding tert-OH is 5. The highest BCUT2D eigenvalue weighted by Gasteiger charge is 2.51. The molecule has 0 bridgehead atoms.